The quantitative estimate of drug-likeness (QED) is 0.810. The summed E-state index contributed by atoms with van der Waals surface area (Å²) in [5, 5.41) is 12.9. The van der Waals surface area contributed by atoms with Crippen molar-refractivity contribution in [3.63, 3.8) is 0 Å². The van der Waals surface area contributed by atoms with Gasteiger partial charge in [-0.15, -0.1) is 0 Å². The molecular weight excluding hydrogens is 260 g/mol. The van der Waals surface area contributed by atoms with Crippen LogP contribution < -0.4 is 5.32 Å². The van der Waals surface area contributed by atoms with Gasteiger partial charge >= 0.3 is 0 Å². The van der Waals surface area contributed by atoms with Crippen LogP contribution >= 0.6 is 0 Å². The molecule has 0 radical (unpaired) electrons. The van der Waals surface area contributed by atoms with E-state index in [-0.39, 0.29) is 12.1 Å². The maximum absolute atomic E-state index is 9.61. The van der Waals surface area contributed by atoms with E-state index in [2.05, 4.69) is 41.4 Å². The molecule has 1 aliphatic rings. The summed E-state index contributed by atoms with van der Waals surface area (Å²) in [6.07, 6.45) is 5.61. The van der Waals surface area contributed by atoms with E-state index in [1.54, 1.807) is 0 Å². The fourth-order valence-corrected chi connectivity index (χ4v) is 3.35. The second kappa shape index (κ2) is 7.92. The number of aryl methyl sites for hydroxylation is 1. The maximum atomic E-state index is 9.61. The highest BCUT2D eigenvalue weighted by atomic mass is 16.3. The first-order chi connectivity index (χ1) is 10.2. The van der Waals surface area contributed by atoms with Crippen LogP contribution in [0.2, 0.25) is 0 Å². The van der Waals surface area contributed by atoms with Crippen LogP contribution in [-0.4, -0.2) is 42.3 Å². The molecule has 0 aromatic heterocycles. The number of nitrogens with one attached hydrogen (secondary N) is 1. The Kier molecular flexibility index (Phi) is 6.22. The van der Waals surface area contributed by atoms with Crippen molar-refractivity contribution in [3.8, 4) is 0 Å². The van der Waals surface area contributed by atoms with Crippen molar-refractivity contribution in [1.29, 1.82) is 0 Å². The smallest absolute Gasteiger partial charge is 0.0613 e. The number of hydrogen-bond donors (Lipinski definition) is 2. The second-order valence-electron chi connectivity index (χ2n) is 6.29. The Balaban J connectivity index is 1.87. The molecule has 1 aromatic rings. The molecule has 1 heterocycles. The summed E-state index contributed by atoms with van der Waals surface area (Å²) in [4.78, 5) is 2.57. The van der Waals surface area contributed by atoms with Crippen molar-refractivity contribution in [2.45, 2.75) is 51.1 Å². The number of likely N-dealkylation sites (N-methyl/N-ethyl adjacent to an activating group) is 1. The van der Waals surface area contributed by atoms with Crippen molar-refractivity contribution < 1.29 is 5.11 Å². The Bertz CT molecular complexity index is 421. The Hall–Kier alpha value is -0.900. The Morgan fingerprint density at radius 2 is 2.05 bits per heavy atom. The molecule has 0 spiro atoms. The molecule has 21 heavy (non-hydrogen) atoms. The van der Waals surface area contributed by atoms with E-state index in [4.69, 9.17) is 0 Å². The van der Waals surface area contributed by atoms with Gasteiger partial charge < -0.3 is 10.4 Å². The van der Waals surface area contributed by atoms with Crippen molar-refractivity contribution >= 4 is 0 Å². The summed E-state index contributed by atoms with van der Waals surface area (Å²) in [7, 11) is 1.96. The predicted octanol–water partition coefficient (Wildman–Crippen LogP) is 2.58. The fourth-order valence-electron chi connectivity index (χ4n) is 3.35. The summed E-state index contributed by atoms with van der Waals surface area (Å²) >= 11 is 0. The lowest BCUT2D eigenvalue weighted by Crippen LogP contribution is -2.46. The molecule has 2 N–H and O–H groups in total. The number of hydrogen-bond acceptors (Lipinski definition) is 3. The minimum Gasteiger partial charge on any atom is -0.394 e. The largest absolute Gasteiger partial charge is 0.394 e. The molecule has 1 aliphatic heterocycles. The number of fused-ring (bicyclic) bond motifs is 1. The first-order valence-electron chi connectivity index (χ1n) is 8.32. The zero-order chi connectivity index (χ0) is 15.1. The van der Waals surface area contributed by atoms with Crippen LogP contribution in [0.25, 0.3) is 0 Å². The fraction of sp³-hybridized carbons (Fsp3) is 0.667. The molecule has 118 valence electrons. The summed E-state index contributed by atoms with van der Waals surface area (Å²) in [6, 6.07) is 8.84. The van der Waals surface area contributed by atoms with E-state index >= 15 is 0 Å². The predicted molar refractivity (Wildman–Crippen MR) is 88.4 cm³/mol. The molecule has 0 amide bonds. The van der Waals surface area contributed by atoms with Crippen molar-refractivity contribution in [1.82, 2.24) is 10.2 Å². The molecule has 3 heteroatoms. The normalized spacial score (nSPS) is 18.8. The SMILES string of the molecule is CCC(CO)(CCCN1CCCc2ccccc2C1)NC. The Morgan fingerprint density at radius 1 is 1.29 bits per heavy atom. The lowest BCUT2D eigenvalue weighted by Gasteiger charge is -2.31. The molecule has 0 saturated carbocycles. The topological polar surface area (TPSA) is 35.5 Å². The van der Waals surface area contributed by atoms with E-state index in [0.717, 1.165) is 32.4 Å². The molecule has 2 rings (SSSR count). The van der Waals surface area contributed by atoms with Crippen LogP contribution in [0.5, 0.6) is 0 Å². The number of aliphatic hydroxyl groups excluding tert-OH is 1. The molecule has 1 atom stereocenters. The van der Waals surface area contributed by atoms with Gasteiger partial charge in [-0.2, -0.15) is 0 Å². The zero-order valence-corrected chi connectivity index (χ0v) is 13.6. The van der Waals surface area contributed by atoms with Gasteiger partial charge in [0.05, 0.1) is 6.61 Å². The van der Waals surface area contributed by atoms with Gasteiger partial charge in [-0.3, -0.25) is 4.90 Å². The molecule has 1 unspecified atom stereocenters. The van der Waals surface area contributed by atoms with E-state index in [0.29, 0.717) is 0 Å². The summed E-state index contributed by atoms with van der Waals surface area (Å²) < 4.78 is 0. The van der Waals surface area contributed by atoms with Gasteiger partial charge in [0.25, 0.3) is 0 Å². The van der Waals surface area contributed by atoms with Crippen molar-refractivity contribution in [3.05, 3.63) is 35.4 Å². The maximum Gasteiger partial charge on any atom is 0.0613 e. The molecular formula is C18H30N2O. The lowest BCUT2D eigenvalue weighted by molar-refractivity contribution is 0.145. The third kappa shape index (κ3) is 4.29. The van der Waals surface area contributed by atoms with E-state index in [9.17, 15) is 5.11 Å². The van der Waals surface area contributed by atoms with Gasteiger partial charge in [0.1, 0.15) is 0 Å². The van der Waals surface area contributed by atoms with Gasteiger partial charge in [-0.25, -0.2) is 0 Å². The van der Waals surface area contributed by atoms with Gasteiger partial charge in [-0.05, 0) is 63.4 Å². The van der Waals surface area contributed by atoms with Gasteiger partial charge in [0.2, 0.25) is 0 Å². The van der Waals surface area contributed by atoms with Gasteiger partial charge in [0.15, 0.2) is 0 Å². The monoisotopic (exact) mass is 290 g/mol. The van der Waals surface area contributed by atoms with Crippen LogP contribution in [0, 0.1) is 0 Å². The average Bonchev–Trinajstić information content (AvgIpc) is 2.74. The number of rotatable bonds is 7. The summed E-state index contributed by atoms with van der Waals surface area (Å²) in [6.45, 7) is 5.76. The van der Waals surface area contributed by atoms with Gasteiger partial charge in [-0.1, -0.05) is 31.2 Å². The zero-order valence-electron chi connectivity index (χ0n) is 13.6. The average molecular weight is 290 g/mol. The highest BCUT2D eigenvalue weighted by Crippen LogP contribution is 2.20. The van der Waals surface area contributed by atoms with E-state index in [1.807, 2.05) is 7.05 Å². The Labute approximate surface area is 129 Å². The second-order valence-corrected chi connectivity index (χ2v) is 6.29. The van der Waals surface area contributed by atoms with Crippen LogP contribution in [-0.2, 0) is 13.0 Å². The molecule has 0 aliphatic carbocycles. The minimum absolute atomic E-state index is 0.0935. The third-order valence-corrected chi connectivity index (χ3v) is 5.07. The minimum atomic E-state index is -0.0935. The molecule has 1 aromatic carbocycles. The van der Waals surface area contributed by atoms with Crippen molar-refractivity contribution in [2.75, 3.05) is 26.7 Å². The van der Waals surface area contributed by atoms with Crippen LogP contribution in [0.15, 0.2) is 24.3 Å². The molecule has 0 fully saturated rings. The Morgan fingerprint density at radius 3 is 2.71 bits per heavy atom. The molecule has 0 saturated heterocycles. The molecule has 0 bridgehead atoms. The van der Waals surface area contributed by atoms with E-state index in [1.165, 1.54) is 30.5 Å². The van der Waals surface area contributed by atoms with Crippen LogP contribution in [0.1, 0.15) is 43.7 Å². The lowest BCUT2D eigenvalue weighted by atomic mass is 9.91. The highest BCUT2D eigenvalue weighted by Gasteiger charge is 2.24. The standard InChI is InChI=1S/C18H30N2O/c1-3-18(15-21,19-2)11-7-13-20-12-6-10-16-8-4-5-9-17(16)14-20/h4-5,8-9,19,21H,3,6-7,10-15H2,1-2H3. The number of benzene rings is 1. The summed E-state index contributed by atoms with van der Waals surface area (Å²) in [5.74, 6) is 0. The van der Waals surface area contributed by atoms with E-state index < -0.39 is 0 Å². The van der Waals surface area contributed by atoms with Crippen molar-refractivity contribution in [2.24, 2.45) is 0 Å². The first kappa shape index (κ1) is 16.5. The van der Waals surface area contributed by atoms with Crippen LogP contribution in [0.3, 0.4) is 0 Å². The highest BCUT2D eigenvalue weighted by molar-refractivity contribution is 5.27. The van der Waals surface area contributed by atoms with Gasteiger partial charge in [0, 0.05) is 12.1 Å². The third-order valence-electron chi connectivity index (χ3n) is 5.07. The molecule has 3 nitrogen and oxygen atoms in total. The van der Waals surface area contributed by atoms with Crippen LogP contribution in [0.4, 0.5) is 0 Å². The number of aliphatic hydroxyl groups is 1. The summed E-state index contributed by atoms with van der Waals surface area (Å²) in [5.41, 5.74) is 2.92. The number of nitrogens with zero attached hydrogens (tertiary/aromatic N) is 1. The first-order valence-corrected chi connectivity index (χ1v) is 8.32.